The molecule has 102 valence electrons. The summed E-state index contributed by atoms with van der Waals surface area (Å²) < 4.78 is 19.3. The second-order valence-corrected chi connectivity index (χ2v) is 5.51. The fourth-order valence-corrected chi connectivity index (χ4v) is 1.71. The Labute approximate surface area is 115 Å². The first kappa shape index (κ1) is 15.4. The van der Waals surface area contributed by atoms with Crippen LogP contribution in [0.5, 0.6) is 5.75 Å². The smallest absolute Gasteiger partial charge is 0.165 e. The summed E-state index contributed by atoms with van der Waals surface area (Å²) >= 11 is 3.24. The van der Waals surface area contributed by atoms with Crippen molar-refractivity contribution in [3.8, 4) is 5.75 Å². The minimum atomic E-state index is -0.651. The lowest BCUT2D eigenvalue weighted by atomic mass is 10.2. The van der Waals surface area contributed by atoms with Crippen LogP contribution < -0.4 is 10.1 Å². The molecule has 1 rings (SSSR count). The van der Waals surface area contributed by atoms with Gasteiger partial charge < -0.3 is 15.2 Å². The van der Waals surface area contributed by atoms with E-state index in [1.165, 1.54) is 6.07 Å². The molecule has 0 bridgehead atoms. The van der Waals surface area contributed by atoms with Crippen LogP contribution in [0.1, 0.15) is 13.8 Å². The molecule has 0 aliphatic rings. The zero-order valence-electron chi connectivity index (χ0n) is 10.6. The summed E-state index contributed by atoms with van der Waals surface area (Å²) in [5, 5.41) is 12.8. The maximum Gasteiger partial charge on any atom is 0.165 e. The van der Waals surface area contributed by atoms with Gasteiger partial charge in [0.1, 0.15) is 12.7 Å². The first-order valence-electron chi connectivity index (χ1n) is 5.95. The van der Waals surface area contributed by atoms with Crippen molar-refractivity contribution in [1.82, 2.24) is 5.32 Å². The van der Waals surface area contributed by atoms with Crippen molar-refractivity contribution < 1.29 is 14.2 Å². The van der Waals surface area contributed by atoms with E-state index in [1.807, 2.05) is 0 Å². The molecule has 0 aliphatic carbocycles. The van der Waals surface area contributed by atoms with Crippen molar-refractivity contribution >= 4 is 15.9 Å². The van der Waals surface area contributed by atoms with Crippen molar-refractivity contribution in [1.29, 1.82) is 0 Å². The Balaban J connectivity index is 2.33. The highest BCUT2D eigenvalue weighted by molar-refractivity contribution is 9.10. The lowest BCUT2D eigenvalue weighted by molar-refractivity contribution is 0.103. The molecule has 0 heterocycles. The molecule has 0 fully saturated rings. The van der Waals surface area contributed by atoms with E-state index < -0.39 is 11.9 Å². The fourth-order valence-electron chi connectivity index (χ4n) is 1.37. The molecule has 5 heteroatoms. The van der Waals surface area contributed by atoms with E-state index in [0.29, 0.717) is 12.5 Å². The molecule has 1 atom stereocenters. The van der Waals surface area contributed by atoms with E-state index in [-0.39, 0.29) is 12.4 Å². The Bertz CT molecular complexity index is 374. The van der Waals surface area contributed by atoms with E-state index in [1.54, 1.807) is 12.1 Å². The molecule has 3 nitrogen and oxygen atoms in total. The Hall–Kier alpha value is -0.650. The summed E-state index contributed by atoms with van der Waals surface area (Å²) in [4.78, 5) is 0. The van der Waals surface area contributed by atoms with E-state index in [9.17, 15) is 9.50 Å². The predicted molar refractivity (Wildman–Crippen MR) is 73.3 cm³/mol. The van der Waals surface area contributed by atoms with Gasteiger partial charge in [-0.25, -0.2) is 4.39 Å². The number of rotatable bonds is 7. The van der Waals surface area contributed by atoms with Crippen LogP contribution in [0.3, 0.4) is 0 Å². The van der Waals surface area contributed by atoms with Gasteiger partial charge in [-0.1, -0.05) is 29.8 Å². The third kappa shape index (κ3) is 5.80. The number of aliphatic hydroxyl groups is 1. The van der Waals surface area contributed by atoms with Crippen molar-refractivity contribution in [3.05, 3.63) is 28.5 Å². The molecule has 2 N–H and O–H groups in total. The molecule has 0 aromatic heterocycles. The quantitative estimate of drug-likeness (QED) is 0.811. The van der Waals surface area contributed by atoms with Gasteiger partial charge in [-0.05, 0) is 30.7 Å². The average molecular weight is 320 g/mol. The molecule has 18 heavy (non-hydrogen) atoms. The summed E-state index contributed by atoms with van der Waals surface area (Å²) in [6, 6.07) is 4.47. The molecule has 0 saturated heterocycles. The molecular weight excluding hydrogens is 301 g/mol. The van der Waals surface area contributed by atoms with Crippen LogP contribution >= 0.6 is 15.9 Å². The second-order valence-electron chi connectivity index (χ2n) is 4.59. The Morgan fingerprint density at radius 1 is 1.39 bits per heavy atom. The van der Waals surface area contributed by atoms with Crippen LogP contribution in [-0.2, 0) is 0 Å². The van der Waals surface area contributed by atoms with Gasteiger partial charge in [-0.15, -0.1) is 0 Å². The fraction of sp³-hybridized carbons (Fsp3) is 0.538. The molecule has 1 aromatic carbocycles. The standard InChI is InChI=1S/C13H19BrFNO2/c1-9(2)6-16-7-11(17)8-18-13-5-10(14)3-4-12(13)15/h3-5,9,11,16-17H,6-8H2,1-2H3. The van der Waals surface area contributed by atoms with Gasteiger partial charge >= 0.3 is 0 Å². The second kappa shape index (κ2) is 7.71. The van der Waals surface area contributed by atoms with Crippen LogP contribution in [0.4, 0.5) is 4.39 Å². The number of nitrogens with one attached hydrogen (secondary N) is 1. The Morgan fingerprint density at radius 3 is 2.78 bits per heavy atom. The van der Waals surface area contributed by atoms with Crippen LogP contribution in [0.15, 0.2) is 22.7 Å². The van der Waals surface area contributed by atoms with Crippen LogP contribution in [-0.4, -0.2) is 30.9 Å². The molecule has 0 radical (unpaired) electrons. The zero-order valence-corrected chi connectivity index (χ0v) is 12.2. The minimum absolute atomic E-state index is 0.0679. The van der Waals surface area contributed by atoms with Gasteiger partial charge in [0.2, 0.25) is 0 Å². The number of hydrogen-bond acceptors (Lipinski definition) is 3. The summed E-state index contributed by atoms with van der Waals surface area (Å²) in [6.45, 7) is 5.52. The normalized spacial score (nSPS) is 12.8. The van der Waals surface area contributed by atoms with E-state index in [2.05, 4.69) is 35.1 Å². The van der Waals surface area contributed by atoms with Gasteiger partial charge in [-0.3, -0.25) is 0 Å². The SMILES string of the molecule is CC(C)CNCC(O)COc1cc(Br)ccc1F. The lowest BCUT2D eigenvalue weighted by Gasteiger charge is -2.14. The van der Waals surface area contributed by atoms with Crippen LogP contribution in [0, 0.1) is 11.7 Å². The third-order valence-electron chi connectivity index (χ3n) is 2.26. The predicted octanol–water partition coefficient (Wildman–Crippen LogP) is 2.57. The maximum atomic E-state index is 13.3. The number of hydrogen-bond donors (Lipinski definition) is 2. The third-order valence-corrected chi connectivity index (χ3v) is 2.75. The van der Waals surface area contributed by atoms with Gasteiger partial charge in [0.05, 0.1) is 0 Å². The molecular formula is C13H19BrFNO2. The summed E-state index contributed by atoms with van der Waals surface area (Å²) in [5.41, 5.74) is 0. The maximum absolute atomic E-state index is 13.3. The van der Waals surface area contributed by atoms with E-state index in [4.69, 9.17) is 4.74 Å². The Morgan fingerprint density at radius 2 is 2.11 bits per heavy atom. The topological polar surface area (TPSA) is 41.5 Å². The number of aliphatic hydroxyl groups excluding tert-OH is 1. The van der Waals surface area contributed by atoms with Crippen molar-refractivity contribution in [2.24, 2.45) is 5.92 Å². The molecule has 1 aromatic rings. The summed E-state index contributed by atoms with van der Waals surface area (Å²) in [7, 11) is 0. The largest absolute Gasteiger partial charge is 0.488 e. The highest BCUT2D eigenvalue weighted by Gasteiger charge is 2.08. The zero-order chi connectivity index (χ0) is 13.5. The van der Waals surface area contributed by atoms with Gasteiger partial charge in [0.25, 0.3) is 0 Å². The van der Waals surface area contributed by atoms with Crippen molar-refractivity contribution in [2.45, 2.75) is 20.0 Å². The lowest BCUT2D eigenvalue weighted by Crippen LogP contribution is -2.33. The van der Waals surface area contributed by atoms with E-state index in [0.717, 1.165) is 11.0 Å². The average Bonchev–Trinajstić information content (AvgIpc) is 2.30. The Kier molecular flexibility index (Phi) is 6.60. The first-order chi connectivity index (χ1) is 8.49. The highest BCUT2D eigenvalue weighted by atomic mass is 79.9. The van der Waals surface area contributed by atoms with E-state index >= 15 is 0 Å². The van der Waals surface area contributed by atoms with Gasteiger partial charge in [-0.2, -0.15) is 0 Å². The molecule has 0 amide bonds. The first-order valence-corrected chi connectivity index (χ1v) is 6.75. The van der Waals surface area contributed by atoms with Crippen LogP contribution in [0.25, 0.3) is 0 Å². The highest BCUT2D eigenvalue weighted by Crippen LogP contribution is 2.22. The van der Waals surface area contributed by atoms with Crippen molar-refractivity contribution in [3.63, 3.8) is 0 Å². The van der Waals surface area contributed by atoms with Crippen LogP contribution in [0.2, 0.25) is 0 Å². The number of halogens is 2. The molecule has 0 saturated carbocycles. The van der Waals surface area contributed by atoms with Gasteiger partial charge in [0.15, 0.2) is 11.6 Å². The summed E-state index contributed by atoms with van der Waals surface area (Å²) in [6.07, 6.45) is -0.651. The molecule has 1 unspecified atom stereocenters. The molecule has 0 spiro atoms. The molecule has 0 aliphatic heterocycles. The number of ether oxygens (including phenoxy) is 1. The summed E-state index contributed by atoms with van der Waals surface area (Å²) in [5.74, 6) is 0.244. The van der Waals surface area contributed by atoms with Crippen molar-refractivity contribution in [2.75, 3.05) is 19.7 Å². The van der Waals surface area contributed by atoms with Gasteiger partial charge in [0, 0.05) is 11.0 Å². The number of benzene rings is 1. The monoisotopic (exact) mass is 319 g/mol. The minimum Gasteiger partial charge on any atom is -0.488 e.